The maximum absolute atomic E-state index is 12.9. The van der Waals surface area contributed by atoms with Crippen LogP contribution in [0.5, 0.6) is 0 Å². The van der Waals surface area contributed by atoms with Gasteiger partial charge in [-0.25, -0.2) is 9.59 Å². The summed E-state index contributed by atoms with van der Waals surface area (Å²) in [6.07, 6.45) is 0. The monoisotopic (exact) mass is 460 g/mol. The molecule has 0 spiro atoms. The highest BCUT2D eigenvalue weighted by Crippen LogP contribution is 2.32. The van der Waals surface area contributed by atoms with E-state index in [2.05, 4.69) is 10.6 Å². The molecule has 0 aliphatic heterocycles. The number of hydrogen-bond acceptors (Lipinski definition) is 6. The maximum Gasteiger partial charge on any atom is 0.340 e. The van der Waals surface area contributed by atoms with Gasteiger partial charge in [-0.05, 0) is 51.0 Å². The number of carbonyl (C=O) groups is 2. The summed E-state index contributed by atoms with van der Waals surface area (Å²) in [5, 5.41) is 6.76. The van der Waals surface area contributed by atoms with Crippen molar-refractivity contribution in [1.29, 1.82) is 0 Å². The number of hydrogen-bond donors (Lipinski definition) is 2. The molecule has 0 saturated heterocycles. The molecular formula is C28H32N2O4. The van der Waals surface area contributed by atoms with Crippen LogP contribution in [0.15, 0.2) is 72.8 Å². The van der Waals surface area contributed by atoms with E-state index in [1.165, 1.54) is 0 Å². The molecule has 0 fully saturated rings. The van der Waals surface area contributed by atoms with Crippen LogP contribution in [0.25, 0.3) is 0 Å². The molecule has 6 heteroatoms. The number of nitrogens with one attached hydrogen (secondary N) is 2. The second-order valence-electron chi connectivity index (χ2n) is 7.94. The van der Waals surface area contributed by atoms with Gasteiger partial charge in [-0.2, -0.15) is 0 Å². The molecule has 0 unspecified atom stereocenters. The smallest absolute Gasteiger partial charge is 0.340 e. The van der Waals surface area contributed by atoms with Gasteiger partial charge in [0.2, 0.25) is 0 Å². The van der Waals surface area contributed by atoms with Gasteiger partial charge in [0.25, 0.3) is 0 Å². The Morgan fingerprint density at radius 3 is 1.35 bits per heavy atom. The molecule has 0 amide bonds. The molecule has 0 bridgehead atoms. The van der Waals surface area contributed by atoms with Crippen molar-refractivity contribution >= 4 is 23.3 Å². The Bertz CT molecular complexity index is 1010. The summed E-state index contributed by atoms with van der Waals surface area (Å²) in [5.41, 5.74) is 3.82. The summed E-state index contributed by atoms with van der Waals surface area (Å²) in [5.74, 6) is -0.924. The predicted molar refractivity (Wildman–Crippen MR) is 135 cm³/mol. The van der Waals surface area contributed by atoms with Crippen molar-refractivity contribution < 1.29 is 19.1 Å². The average Bonchev–Trinajstić information content (AvgIpc) is 2.85. The Balaban J connectivity index is 2.05. The lowest BCUT2D eigenvalue weighted by Crippen LogP contribution is -2.18. The second kappa shape index (κ2) is 11.9. The van der Waals surface area contributed by atoms with Crippen LogP contribution in [-0.2, 0) is 9.47 Å². The molecule has 0 aliphatic rings. The highest BCUT2D eigenvalue weighted by molar-refractivity contribution is 6.03. The van der Waals surface area contributed by atoms with Crippen molar-refractivity contribution in [3.05, 3.63) is 95.1 Å². The largest absolute Gasteiger partial charge is 0.462 e. The Morgan fingerprint density at radius 1 is 0.676 bits per heavy atom. The van der Waals surface area contributed by atoms with Crippen molar-refractivity contribution in [2.45, 2.75) is 39.8 Å². The molecule has 6 nitrogen and oxygen atoms in total. The number of carbonyl (C=O) groups excluding carboxylic acids is 2. The Kier molecular flexibility index (Phi) is 8.68. The van der Waals surface area contributed by atoms with E-state index in [1.807, 2.05) is 74.5 Å². The molecule has 0 heterocycles. The average molecular weight is 461 g/mol. The molecule has 0 saturated carbocycles. The maximum atomic E-state index is 12.9. The fraction of sp³-hybridized carbons (Fsp3) is 0.286. The van der Waals surface area contributed by atoms with Gasteiger partial charge >= 0.3 is 11.9 Å². The Hall–Kier alpha value is -3.80. The van der Waals surface area contributed by atoms with E-state index in [-0.39, 0.29) is 25.3 Å². The molecule has 2 N–H and O–H groups in total. The van der Waals surface area contributed by atoms with Crippen LogP contribution in [-0.4, -0.2) is 25.2 Å². The molecule has 178 valence electrons. The topological polar surface area (TPSA) is 76.7 Å². The van der Waals surface area contributed by atoms with Crippen LogP contribution in [0.1, 0.15) is 71.6 Å². The molecule has 3 rings (SSSR count). The summed E-state index contributed by atoms with van der Waals surface area (Å²) in [7, 11) is 0. The van der Waals surface area contributed by atoms with Crippen molar-refractivity contribution in [2.75, 3.05) is 23.8 Å². The lowest BCUT2D eigenvalue weighted by molar-refractivity contribution is 0.0513. The van der Waals surface area contributed by atoms with E-state index in [4.69, 9.17) is 9.47 Å². The molecule has 3 aromatic rings. The lowest BCUT2D eigenvalue weighted by atomic mass is 10.0. The van der Waals surface area contributed by atoms with Gasteiger partial charge in [0.1, 0.15) is 0 Å². The zero-order chi connectivity index (χ0) is 24.5. The van der Waals surface area contributed by atoms with E-state index < -0.39 is 11.9 Å². The fourth-order valence-corrected chi connectivity index (χ4v) is 3.71. The quantitative estimate of drug-likeness (QED) is 0.342. The summed E-state index contributed by atoms with van der Waals surface area (Å²) >= 11 is 0. The van der Waals surface area contributed by atoms with Gasteiger partial charge in [0, 0.05) is 12.1 Å². The van der Waals surface area contributed by atoms with Crippen molar-refractivity contribution in [3.63, 3.8) is 0 Å². The number of anilines is 2. The third-order valence-corrected chi connectivity index (χ3v) is 5.49. The van der Waals surface area contributed by atoms with Crippen LogP contribution < -0.4 is 10.6 Å². The first-order valence-electron chi connectivity index (χ1n) is 11.6. The Morgan fingerprint density at radius 2 is 1.03 bits per heavy atom. The molecule has 3 aromatic carbocycles. The first-order valence-corrected chi connectivity index (χ1v) is 11.6. The lowest BCUT2D eigenvalue weighted by Gasteiger charge is -2.23. The number of rotatable bonds is 10. The summed E-state index contributed by atoms with van der Waals surface area (Å²) in [4.78, 5) is 25.8. The van der Waals surface area contributed by atoms with E-state index in [9.17, 15) is 9.59 Å². The SMILES string of the molecule is CCOC(=O)c1cc(N[C@H](C)c2ccccc2)c(C(=O)OCC)cc1N[C@H](C)c1ccccc1. The van der Waals surface area contributed by atoms with E-state index in [1.54, 1.807) is 26.0 Å². The second-order valence-corrected chi connectivity index (χ2v) is 7.94. The minimum atomic E-state index is -0.462. The molecule has 0 aliphatic carbocycles. The van der Waals surface area contributed by atoms with E-state index in [0.29, 0.717) is 22.5 Å². The van der Waals surface area contributed by atoms with Crippen LogP contribution in [0.2, 0.25) is 0 Å². The minimum absolute atomic E-state index is 0.105. The standard InChI is InChI=1S/C28H32N2O4/c1-5-33-27(31)23-17-26(30-20(4)22-15-11-8-12-16-22)24(28(32)34-6-2)18-25(23)29-19(3)21-13-9-7-10-14-21/h7-20,29-30H,5-6H2,1-4H3/t19-,20-/m1/s1. The van der Waals surface area contributed by atoms with Crippen LogP contribution in [0.3, 0.4) is 0 Å². The number of benzene rings is 3. The highest BCUT2D eigenvalue weighted by atomic mass is 16.5. The summed E-state index contributed by atoms with van der Waals surface area (Å²) < 4.78 is 10.7. The molecule has 0 aromatic heterocycles. The van der Waals surface area contributed by atoms with Gasteiger partial charge in [-0.3, -0.25) is 0 Å². The number of ether oxygens (including phenoxy) is 2. The molecular weight excluding hydrogens is 428 g/mol. The number of esters is 2. The van der Waals surface area contributed by atoms with Gasteiger partial charge in [-0.1, -0.05) is 60.7 Å². The van der Waals surface area contributed by atoms with Gasteiger partial charge < -0.3 is 20.1 Å². The van der Waals surface area contributed by atoms with Gasteiger partial charge in [0.15, 0.2) is 0 Å². The third-order valence-electron chi connectivity index (χ3n) is 5.49. The van der Waals surface area contributed by atoms with Crippen molar-refractivity contribution in [1.82, 2.24) is 0 Å². The van der Waals surface area contributed by atoms with E-state index >= 15 is 0 Å². The summed E-state index contributed by atoms with van der Waals surface area (Å²) in [6.45, 7) is 8.02. The fourth-order valence-electron chi connectivity index (χ4n) is 3.71. The molecule has 2 atom stereocenters. The minimum Gasteiger partial charge on any atom is -0.462 e. The van der Waals surface area contributed by atoms with Crippen molar-refractivity contribution in [2.24, 2.45) is 0 Å². The van der Waals surface area contributed by atoms with Crippen LogP contribution in [0, 0.1) is 0 Å². The molecule has 0 radical (unpaired) electrons. The highest BCUT2D eigenvalue weighted by Gasteiger charge is 2.23. The summed E-state index contributed by atoms with van der Waals surface area (Å²) in [6, 6.07) is 22.9. The first-order chi connectivity index (χ1) is 16.4. The van der Waals surface area contributed by atoms with E-state index in [0.717, 1.165) is 11.1 Å². The zero-order valence-corrected chi connectivity index (χ0v) is 20.1. The zero-order valence-electron chi connectivity index (χ0n) is 20.1. The Labute approximate surface area is 201 Å². The normalized spacial score (nSPS) is 12.4. The first kappa shape index (κ1) is 24.8. The predicted octanol–water partition coefficient (Wildman–Crippen LogP) is 6.39. The third kappa shape index (κ3) is 6.16. The van der Waals surface area contributed by atoms with Gasteiger partial charge in [-0.15, -0.1) is 0 Å². The van der Waals surface area contributed by atoms with Crippen LogP contribution in [0.4, 0.5) is 11.4 Å². The van der Waals surface area contributed by atoms with Crippen molar-refractivity contribution in [3.8, 4) is 0 Å². The molecule has 34 heavy (non-hydrogen) atoms. The van der Waals surface area contributed by atoms with Crippen LogP contribution >= 0.6 is 0 Å². The van der Waals surface area contributed by atoms with Gasteiger partial charge in [0.05, 0.1) is 35.7 Å².